The highest BCUT2D eigenvalue weighted by atomic mass is 127. The lowest BCUT2D eigenvalue weighted by Gasteiger charge is -2.33. The molecule has 1 aromatic carbocycles. The van der Waals surface area contributed by atoms with Crippen molar-refractivity contribution in [3.63, 3.8) is 0 Å². The molecule has 0 atom stereocenters. The number of guanidine groups is 1. The molecule has 6 nitrogen and oxygen atoms in total. The van der Waals surface area contributed by atoms with E-state index < -0.39 is 15.5 Å². The topological polar surface area (TPSA) is 65.0 Å². The first-order valence-corrected chi connectivity index (χ1v) is 11.3. The lowest BCUT2D eigenvalue weighted by atomic mass is 9.98. The summed E-state index contributed by atoms with van der Waals surface area (Å²) in [6.07, 6.45) is 1.69. The van der Waals surface area contributed by atoms with E-state index in [-0.39, 0.29) is 43.0 Å². The van der Waals surface area contributed by atoms with Gasteiger partial charge in [-0.25, -0.2) is 8.42 Å². The molecule has 0 amide bonds. The molecule has 0 aliphatic carbocycles. The zero-order chi connectivity index (χ0) is 21.1. The number of hydrogen-bond donors (Lipinski definition) is 1. The number of nitrogens with one attached hydrogen (secondary N) is 1. The van der Waals surface area contributed by atoms with E-state index in [0.717, 1.165) is 32.0 Å². The summed E-state index contributed by atoms with van der Waals surface area (Å²) in [4.78, 5) is 6.90. The van der Waals surface area contributed by atoms with Crippen molar-refractivity contribution in [3.8, 4) is 0 Å². The van der Waals surface area contributed by atoms with Crippen molar-refractivity contribution in [2.75, 3.05) is 32.7 Å². The molecule has 1 fully saturated rings. The molecule has 1 saturated heterocycles. The molecule has 0 saturated carbocycles. The summed E-state index contributed by atoms with van der Waals surface area (Å²) in [5, 5.41) is 3.30. The van der Waals surface area contributed by atoms with Crippen molar-refractivity contribution in [2.24, 2.45) is 10.9 Å². The van der Waals surface area contributed by atoms with E-state index in [2.05, 4.69) is 22.3 Å². The monoisotopic (exact) mass is 560 g/mol. The average Bonchev–Trinajstić information content (AvgIpc) is 2.70. The number of sulfonamides is 1. The Labute approximate surface area is 193 Å². The molecular formula is C19H28F3IN4O2S. The zero-order valence-electron chi connectivity index (χ0n) is 16.9. The van der Waals surface area contributed by atoms with E-state index >= 15 is 0 Å². The zero-order valence-corrected chi connectivity index (χ0v) is 20.0. The Bertz CT molecular complexity index is 840. The van der Waals surface area contributed by atoms with Gasteiger partial charge in [-0.2, -0.15) is 17.5 Å². The highest BCUT2D eigenvalue weighted by molar-refractivity contribution is 14.0. The van der Waals surface area contributed by atoms with Gasteiger partial charge >= 0.3 is 15.5 Å². The Morgan fingerprint density at radius 3 is 2.40 bits per heavy atom. The average molecular weight is 560 g/mol. The van der Waals surface area contributed by atoms with Gasteiger partial charge in [0, 0.05) is 39.3 Å². The van der Waals surface area contributed by atoms with Crippen LogP contribution in [-0.4, -0.2) is 61.8 Å². The maximum Gasteiger partial charge on any atom is 0.511 e. The lowest BCUT2D eigenvalue weighted by Crippen LogP contribution is -2.46. The van der Waals surface area contributed by atoms with Gasteiger partial charge in [-0.15, -0.1) is 24.0 Å². The molecule has 2 aliphatic heterocycles. The summed E-state index contributed by atoms with van der Waals surface area (Å²) >= 11 is 0. The minimum absolute atomic E-state index is 0. The molecule has 3 rings (SSSR count). The molecule has 0 bridgehead atoms. The minimum atomic E-state index is -5.24. The maximum atomic E-state index is 12.7. The normalized spacial score (nSPS) is 19.2. The molecule has 2 aliphatic rings. The van der Waals surface area contributed by atoms with E-state index in [1.54, 1.807) is 0 Å². The van der Waals surface area contributed by atoms with Crippen LogP contribution < -0.4 is 5.32 Å². The molecular weight excluding hydrogens is 532 g/mol. The van der Waals surface area contributed by atoms with Crippen molar-refractivity contribution < 1.29 is 21.6 Å². The molecule has 30 heavy (non-hydrogen) atoms. The Morgan fingerprint density at radius 2 is 1.80 bits per heavy atom. The SMILES string of the molecule is CCNC(=NCC1CCN(S(=O)(=O)C(F)(F)F)CC1)N1CCc2ccccc2C1.I. The van der Waals surface area contributed by atoms with E-state index in [1.165, 1.54) is 11.1 Å². The number of nitrogens with zero attached hydrogens (tertiary/aromatic N) is 3. The Kier molecular flexibility index (Phi) is 8.80. The Hall–Kier alpha value is -1.08. The third-order valence-electron chi connectivity index (χ3n) is 5.47. The number of aliphatic imine (C=N–C) groups is 1. The lowest BCUT2D eigenvalue weighted by molar-refractivity contribution is -0.0496. The van der Waals surface area contributed by atoms with Crippen molar-refractivity contribution in [3.05, 3.63) is 35.4 Å². The quantitative estimate of drug-likeness (QED) is 0.349. The number of halogens is 4. The van der Waals surface area contributed by atoms with Crippen LogP contribution in [0.2, 0.25) is 0 Å². The number of fused-ring (bicyclic) bond motifs is 1. The molecule has 1 aromatic rings. The number of piperidine rings is 1. The first kappa shape index (κ1) is 25.2. The van der Waals surface area contributed by atoms with E-state index in [9.17, 15) is 21.6 Å². The second kappa shape index (κ2) is 10.5. The van der Waals surface area contributed by atoms with Crippen LogP contribution in [-0.2, 0) is 23.0 Å². The number of alkyl halides is 3. The van der Waals surface area contributed by atoms with Gasteiger partial charge in [-0.05, 0) is 43.2 Å². The van der Waals surface area contributed by atoms with Crippen LogP contribution in [0.4, 0.5) is 13.2 Å². The van der Waals surface area contributed by atoms with Crippen LogP contribution in [0.5, 0.6) is 0 Å². The summed E-state index contributed by atoms with van der Waals surface area (Å²) in [5.41, 5.74) is -2.62. The highest BCUT2D eigenvalue weighted by Crippen LogP contribution is 2.30. The summed E-state index contributed by atoms with van der Waals surface area (Å²) in [6.45, 7) is 4.58. The number of hydrogen-bond acceptors (Lipinski definition) is 3. The Morgan fingerprint density at radius 1 is 1.17 bits per heavy atom. The minimum Gasteiger partial charge on any atom is -0.357 e. The first-order chi connectivity index (χ1) is 13.7. The highest BCUT2D eigenvalue weighted by Gasteiger charge is 2.50. The van der Waals surface area contributed by atoms with Gasteiger partial charge in [0.1, 0.15) is 0 Å². The van der Waals surface area contributed by atoms with Gasteiger partial charge in [0.2, 0.25) is 0 Å². The predicted octanol–water partition coefficient (Wildman–Crippen LogP) is 3.19. The summed E-state index contributed by atoms with van der Waals surface area (Å²) < 4.78 is 61.7. The molecule has 170 valence electrons. The van der Waals surface area contributed by atoms with Crippen LogP contribution in [0.15, 0.2) is 29.3 Å². The molecule has 11 heteroatoms. The molecule has 0 radical (unpaired) electrons. The van der Waals surface area contributed by atoms with Gasteiger partial charge in [-0.3, -0.25) is 4.99 Å². The van der Waals surface area contributed by atoms with Gasteiger partial charge in [0.15, 0.2) is 5.96 Å². The van der Waals surface area contributed by atoms with Gasteiger partial charge in [0.25, 0.3) is 0 Å². The molecule has 0 spiro atoms. The molecule has 0 aromatic heterocycles. The van der Waals surface area contributed by atoms with Crippen LogP contribution in [0.1, 0.15) is 30.9 Å². The Balaban J connectivity index is 0.00000320. The third-order valence-corrected chi connectivity index (χ3v) is 7.10. The van der Waals surface area contributed by atoms with Crippen LogP contribution >= 0.6 is 24.0 Å². The molecule has 0 unspecified atom stereocenters. The smallest absolute Gasteiger partial charge is 0.357 e. The third kappa shape index (κ3) is 5.78. The molecule has 1 N–H and O–H groups in total. The fourth-order valence-electron chi connectivity index (χ4n) is 3.80. The number of benzene rings is 1. The standard InChI is InChI=1S/C19H27F3N4O2S.HI/c1-2-23-18(25-10-9-16-5-3-4-6-17(16)14-25)24-13-15-7-11-26(12-8-15)29(27,28)19(20,21)22;/h3-6,15H,2,7-14H2,1H3,(H,23,24);1H. The second-order valence-corrected chi connectivity index (χ2v) is 9.36. The van der Waals surface area contributed by atoms with Crippen LogP contribution in [0.3, 0.4) is 0 Å². The maximum absolute atomic E-state index is 12.7. The van der Waals surface area contributed by atoms with Gasteiger partial charge in [-0.1, -0.05) is 24.3 Å². The van der Waals surface area contributed by atoms with E-state index in [1.807, 2.05) is 19.1 Å². The second-order valence-electron chi connectivity index (χ2n) is 7.43. The summed E-state index contributed by atoms with van der Waals surface area (Å²) in [6, 6.07) is 8.32. The van der Waals surface area contributed by atoms with Crippen LogP contribution in [0.25, 0.3) is 0 Å². The van der Waals surface area contributed by atoms with Gasteiger partial charge < -0.3 is 10.2 Å². The van der Waals surface area contributed by atoms with E-state index in [0.29, 0.717) is 23.7 Å². The molecule has 2 heterocycles. The number of rotatable bonds is 4. The van der Waals surface area contributed by atoms with Crippen molar-refractivity contribution in [1.29, 1.82) is 0 Å². The summed E-state index contributed by atoms with van der Waals surface area (Å²) in [7, 11) is -5.23. The fraction of sp³-hybridized carbons (Fsp3) is 0.632. The van der Waals surface area contributed by atoms with Crippen molar-refractivity contribution in [1.82, 2.24) is 14.5 Å². The predicted molar refractivity (Wildman–Crippen MR) is 121 cm³/mol. The van der Waals surface area contributed by atoms with Crippen molar-refractivity contribution in [2.45, 2.75) is 38.2 Å². The first-order valence-electron chi connectivity index (χ1n) is 9.89. The van der Waals surface area contributed by atoms with Crippen molar-refractivity contribution >= 4 is 40.0 Å². The largest absolute Gasteiger partial charge is 0.511 e. The fourth-order valence-corrected chi connectivity index (χ4v) is 4.78. The van der Waals surface area contributed by atoms with Crippen LogP contribution in [0, 0.1) is 5.92 Å². The van der Waals surface area contributed by atoms with Gasteiger partial charge in [0.05, 0.1) is 0 Å². The summed E-state index contributed by atoms with van der Waals surface area (Å²) in [5.74, 6) is 0.868. The van der Waals surface area contributed by atoms with E-state index in [4.69, 9.17) is 4.99 Å².